The minimum atomic E-state index is -4.32. The molecule has 0 saturated heterocycles. The van der Waals surface area contributed by atoms with E-state index < -0.39 is 27.2 Å². The van der Waals surface area contributed by atoms with Gasteiger partial charge in [-0.25, -0.2) is 0 Å². The highest BCUT2D eigenvalue weighted by Gasteiger charge is 2.19. The normalized spacial score (nSPS) is 22.8. The lowest BCUT2D eigenvalue weighted by molar-refractivity contribution is -0.125. The third kappa shape index (κ3) is 2.79. The molecule has 0 aliphatic carbocycles. The molecule has 0 spiro atoms. The Labute approximate surface area is 80.0 Å². The molecule has 1 rings (SSSR count). The van der Waals surface area contributed by atoms with Crippen LogP contribution in [0.4, 0.5) is 0 Å². The molecule has 1 aliphatic heterocycles. The first kappa shape index (κ1) is 10.6. The van der Waals surface area contributed by atoms with Gasteiger partial charge in [0, 0.05) is 12.2 Å². The van der Waals surface area contributed by atoms with E-state index >= 15 is 0 Å². The van der Waals surface area contributed by atoms with Crippen LogP contribution in [0.15, 0.2) is 24.3 Å². The molecule has 7 heteroatoms. The van der Waals surface area contributed by atoms with E-state index in [-0.39, 0.29) is 0 Å². The van der Waals surface area contributed by atoms with E-state index in [1.165, 1.54) is 0 Å². The molecule has 0 atom stereocenters. The molecule has 0 aromatic heterocycles. The van der Waals surface area contributed by atoms with Crippen LogP contribution in [-0.4, -0.2) is 30.0 Å². The number of carbonyl (C=O) groups excluding carboxylic acids is 2. The molecule has 0 bridgehead atoms. The van der Waals surface area contributed by atoms with E-state index in [1.807, 2.05) is 5.32 Å². The minimum absolute atomic E-state index is 0.729. The Morgan fingerprint density at radius 1 is 1.14 bits per heavy atom. The smallest absolute Gasteiger partial charge is 0.275 e. The Morgan fingerprint density at radius 2 is 1.57 bits per heavy atom. The van der Waals surface area contributed by atoms with E-state index in [4.69, 9.17) is 4.55 Å². The molecular weight excluding hydrogens is 210 g/mol. The molecule has 1 heterocycles. The summed E-state index contributed by atoms with van der Waals surface area (Å²) in [6.45, 7) is 0. The van der Waals surface area contributed by atoms with Crippen LogP contribution in [0.5, 0.6) is 0 Å². The van der Waals surface area contributed by atoms with Gasteiger partial charge in [-0.3, -0.25) is 19.5 Å². The quantitative estimate of drug-likeness (QED) is 0.434. The third-order valence-electron chi connectivity index (χ3n) is 1.46. The number of amides is 2. The van der Waals surface area contributed by atoms with Gasteiger partial charge in [0.05, 0.1) is 0 Å². The average molecular weight is 217 g/mol. The highest BCUT2D eigenvalue weighted by molar-refractivity contribution is 7.86. The molecule has 0 fully saturated rings. The molecule has 2 N–H and O–H groups in total. The molecule has 0 radical (unpaired) electrons. The molecule has 0 aromatic carbocycles. The van der Waals surface area contributed by atoms with Crippen molar-refractivity contribution in [1.29, 1.82) is 0 Å². The standard InChI is InChI=1S/C7H7NO5S/c9-6-3-1-5(14(11,12)13)2-4-7(10)8-6/h1-5H,(H,8,9,10)(H,11,12,13). The van der Waals surface area contributed by atoms with E-state index in [1.54, 1.807) is 0 Å². The van der Waals surface area contributed by atoms with E-state index in [0.717, 1.165) is 24.3 Å². The Morgan fingerprint density at radius 3 is 1.93 bits per heavy atom. The molecular formula is C7H7NO5S. The van der Waals surface area contributed by atoms with Gasteiger partial charge in [-0.05, 0) is 0 Å². The van der Waals surface area contributed by atoms with Crippen LogP contribution in [0, 0.1) is 0 Å². The van der Waals surface area contributed by atoms with E-state index in [9.17, 15) is 18.0 Å². The fourth-order valence-corrected chi connectivity index (χ4v) is 1.39. The predicted octanol–water partition coefficient (Wildman–Crippen LogP) is -0.988. The maximum atomic E-state index is 10.8. The summed E-state index contributed by atoms with van der Waals surface area (Å²) in [5.41, 5.74) is 0. The van der Waals surface area contributed by atoms with Crippen LogP contribution < -0.4 is 5.32 Å². The Bertz CT molecular complexity index is 395. The fourth-order valence-electron chi connectivity index (χ4n) is 0.832. The Balaban J connectivity index is 3.04. The van der Waals surface area contributed by atoms with Gasteiger partial charge in [0.2, 0.25) is 0 Å². The molecule has 0 aromatic rings. The predicted molar refractivity (Wildman–Crippen MR) is 46.8 cm³/mol. The first-order valence-electron chi connectivity index (χ1n) is 3.57. The maximum absolute atomic E-state index is 10.8. The molecule has 14 heavy (non-hydrogen) atoms. The first-order chi connectivity index (χ1) is 6.39. The van der Waals surface area contributed by atoms with Crippen molar-refractivity contribution in [3.63, 3.8) is 0 Å². The van der Waals surface area contributed by atoms with Crippen LogP contribution >= 0.6 is 0 Å². The van der Waals surface area contributed by atoms with Crippen molar-refractivity contribution in [2.75, 3.05) is 0 Å². The molecule has 76 valence electrons. The van der Waals surface area contributed by atoms with Crippen molar-refractivity contribution >= 4 is 21.9 Å². The number of carbonyl (C=O) groups is 2. The SMILES string of the molecule is O=C1C=CC(S(=O)(=O)O)C=CC(=O)N1. The summed E-state index contributed by atoms with van der Waals surface area (Å²) in [7, 11) is -4.32. The minimum Gasteiger partial charge on any atom is -0.289 e. The fraction of sp³-hybridized carbons (Fsp3) is 0.143. The molecule has 2 amide bonds. The van der Waals surface area contributed by atoms with E-state index in [0.29, 0.717) is 0 Å². The highest BCUT2D eigenvalue weighted by atomic mass is 32.2. The summed E-state index contributed by atoms with van der Waals surface area (Å²) < 4.78 is 30.0. The van der Waals surface area contributed by atoms with Crippen molar-refractivity contribution < 1.29 is 22.6 Å². The van der Waals surface area contributed by atoms with Crippen LogP contribution in [0.3, 0.4) is 0 Å². The summed E-state index contributed by atoms with van der Waals surface area (Å²) in [6, 6.07) is 0. The van der Waals surface area contributed by atoms with Gasteiger partial charge in [-0.15, -0.1) is 0 Å². The highest BCUT2D eigenvalue weighted by Crippen LogP contribution is 2.04. The molecule has 6 nitrogen and oxygen atoms in total. The van der Waals surface area contributed by atoms with Gasteiger partial charge in [0.25, 0.3) is 21.9 Å². The van der Waals surface area contributed by atoms with E-state index in [2.05, 4.69) is 0 Å². The van der Waals surface area contributed by atoms with Gasteiger partial charge in [0.1, 0.15) is 5.25 Å². The number of imide groups is 1. The second kappa shape index (κ2) is 3.72. The van der Waals surface area contributed by atoms with Crippen LogP contribution in [0.25, 0.3) is 0 Å². The maximum Gasteiger partial charge on any atom is 0.275 e. The number of nitrogens with one attached hydrogen (secondary N) is 1. The number of hydrogen-bond acceptors (Lipinski definition) is 4. The lowest BCUT2D eigenvalue weighted by Crippen LogP contribution is -2.29. The molecule has 0 saturated carbocycles. The zero-order valence-corrected chi connectivity index (χ0v) is 7.69. The number of hydrogen-bond donors (Lipinski definition) is 2. The second-order valence-corrected chi connectivity index (χ2v) is 4.13. The van der Waals surface area contributed by atoms with Gasteiger partial charge in [0.15, 0.2) is 0 Å². The largest absolute Gasteiger partial charge is 0.289 e. The van der Waals surface area contributed by atoms with Gasteiger partial charge in [-0.2, -0.15) is 8.42 Å². The summed E-state index contributed by atoms with van der Waals surface area (Å²) in [5.74, 6) is -1.46. The summed E-state index contributed by atoms with van der Waals surface area (Å²) in [5, 5.41) is 0.562. The van der Waals surface area contributed by atoms with Crippen molar-refractivity contribution in [2.45, 2.75) is 5.25 Å². The first-order valence-corrected chi connectivity index (χ1v) is 5.07. The van der Waals surface area contributed by atoms with Crippen molar-refractivity contribution in [2.24, 2.45) is 0 Å². The van der Waals surface area contributed by atoms with Crippen LogP contribution in [0.2, 0.25) is 0 Å². The zero-order chi connectivity index (χ0) is 10.8. The van der Waals surface area contributed by atoms with Gasteiger partial charge < -0.3 is 0 Å². The number of rotatable bonds is 1. The zero-order valence-electron chi connectivity index (χ0n) is 6.88. The second-order valence-electron chi connectivity index (χ2n) is 2.55. The Kier molecular flexibility index (Phi) is 2.82. The van der Waals surface area contributed by atoms with Crippen molar-refractivity contribution in [1.82, 2.24) is 5.32 Å². The topological polar surface area (TPSA) is 101 Å². The van der Waals surface area contributed by atoms with Gasteiger partial charge in [-0.1, -0.05) is 12.2 Å². The van der Waals surface area contributed by atoms with Gasteiger partial charge >= 0.3 is 0 Å². The van der Waals surface area contributed by atoms with Crippen molar-refractivity contribution in [3.05, 3.63) is 24.3 Å². The van der Waals surface area contributed by atoms with Crippen molar-refractivity contribution in [3.8, 4) is 0 Å². The lowest BCUT2D eigenvalue weighted by atomic mass is 10.3. The monoisotopic (exact) mass is 217 g/mol. The summed E-state index contributed by atoms with van der Waals surface area (Å²) >= 11 is 0. The van der Waals surface area contributed by atoms with Crippen LogP contribution in [0.1, 0.15) is 0 Å². The lowest BCUT2D eigenvalue weighted by Gasteiger charge is -2.05. The third-order valence-corrected chi connectivity index (χ3v) is 2.47. The molecule has 0 unspecified atom stereocenters. The molecule has 1 aliphatic rings. The Hall–Kier alpha value is -1.47. The summed E-state index contributed by atoms with van der Waals surface area (Å²) in [6.07, 6.45) is 3.71. The van der Waals surface area contributed by atoms with Crippen LogP contribution in [-0.2, 0) is 19.7 Å². The average Bonchev–Trinajstić information content (AvgIpc) is 1.98. The summed E-state index contributed by atoms with van der Waals surface area (Å²) in [4.78, 5) is 21.6.